The van der Waals surface area contributed by atoms with Crippen molar-refractivity contribution in [3.63, 3.8) is 0 Å². The van der Waals surface area contributed by atoms with E-state index in [2.05, 4.69) is 10.2 Å². The summed E-state index contributed by atoms with van der Waals surface area (Å²) in [5, 5.41) is 6.94. The third-order valence-electron chi connectivity index (χ3n) is 4.83. The molecule has 0 spiro atoms. The van der Waals surface area contributed by atoms with E-state index in [4.69, 9.17) is 4.74 Å². The predicted octanol–water partition coefficient (Wildman–Crippen LogP) is 2.38. The van der Waals surface area contributed by atoms with Crippen LogP contribution in [0.5, 0.6) is 0 Å². The number of H-pyrrole nitrogens is 1. The van der Waals surface area contributed by atoms with Gasteiger partial charge in [0.25, 0.3) is 5.56 Å². The van der Waals surface area contributed by atoms with Crippen LogP contribution in [0.4, 0.5) is 4.39 Å². The fourth-order valence-electron chi connectivity index (χ4n) is 3.56. The molecule has 4 aromatic rings. The molecule has 0 amide bonds. The Hall–Kier alpha value is -2.78. The monoisotopic (exact) mass is 386 g/mol. The molecule has 3 aromatic heterocycles. The number of aromatic amines is 1. The van der Waals surface area contributed by atoms with Gasteiger partial charge in [-0.25, -0.2) is 23.3 Å². The molecule has 4 heterocycles. The molecule has 27 heavy (non-hydrogen) atoms. The Balaban J connectivity index is 1.96. The lowest BCUT2D eigenvalue weighted by atomic mass is 9.94. The van der Waals surface area contributed by atoms with Gasteiger partial charge >= 0.3 is 5.69 Å². The largest absolute Gasteiger partial charge is 0.370 e. The van der Waals surface area contributed by atoms with Crippen molar-refractivity contribution >= 4 is 27.3 Å². The Morgan fingerprint density at radius 3 is 2.74 bits per heavy atom. The van der Waals surface area contributed by atoms with Gasteiger partial charge in [0.2, 0.25) is 5.78 Å². The van der Waals surface area contributed by atoms with Crippen LogP contribution in [-0.4, -0.2) is 24.8 Å². The van der Waals surface area contributed by atoms with Gasteiger partial charge in [0.05, 0.1) is 23.3 Å². The fourth-order valence-corrected chi connectivity index (χ4v) is 4.78. The summed E-state index contributed by atoms with van der Waals surface area (Å²) in [5.41, 5.74) is 0.244. The molecule has 0 saturated carbocycles. The van der Waals surface area contributed by atoms with E-state index in [0.29, 0.717) is 28.9 Å². The molecule has 9 heteroatoms. The van der Waals surface area contributed by atoms with Crippen molar-refractivity contribution in [1.82, 2.24) is 19.2 Å². The number of nitrogens with one attached hydrogen (secondary N) is 1. The van der Waals surface area contributed by atoms with Crippen LogP contribution in [0.15, 0.2) is 33.9 Å². The van der Waals surface area contributed by atoms with Crippen molar-refractivity contribution < 1.29 is 9.13 Å². The average Bonchev–Trinajstić information content (AvgIpc) is 3.16. The summed E-state index contributed by atoms with van der Waals surface area (Å²) in [6, 6.07) is 5.53. The third kappa shape index (κ3) is 2.31. The number of hydrogen-bond acceptors (Lipinski definition) is 5. The zero-order valence-electron chi connectivity index (χ0n) is 14.6. The highest BCUT2D eigenvalue weighted by atomic mass is 32.1. The van der Waals surface area contributed by atoms with Crippen LogP contribution in [0, 0.1) is 5.82 Å². The number of rotatable bonds is 1. The normalized spacial score (nSPS) is 16.1. The lowest BCUT2D eigenvalue weighted by molar-refractivity contribution is -0.0379. The predicted molar refractivity (Wildman–Crippen MR) is 99.3 cm³/mol. The number of hydrogen-bond donors (Lipinski definition) is 1. The molecule has 0 unspecified atom stereocenters. The van der Waals surface area contributed by atoms with Crippen LogP contribution >= 0.6 is 11.3 Å². The molecule has 1 aromatic carbocycles. The van der Waals surface area contributed by atoms with Crippen LogP contribution in [0.25, 0.3) is 21.7 Å². The average molecular weight is 386 g/mol. The van der Waals surface area contributed by atoms with Gasteiger partial charge in [-0.05, 0) is 43.7 Å². The highest BCUT2D eigenvalue weighted by molar-refractivity contribution is 7.18. The van der Waals surface area contributed by atoms with E-state index >= 15 is 0 Å². The van der Waals surface area contributed by atoms with Crippen LogP contribution in [0.3, 0.4) is 0 Å². The maximum Gasteiger partial charge on any atom is 0.350 e. The van der Waals surface area contributed by atoms with Gasteiger partial charge < -0.3 is 4.74 Å². The highest BCUT2D eigenvalue weighted by Gasteiger charge is 2.32. The van der Waals surface area contributed by atoms with Gasteiger partial charge in [-0.15, -0.1) is 16.4 Å². The Kier molecular flexibility index (Phi) is 3.26. The van der Waals surface area contributed by atoms with Crippen molar-refractivity contribution in [3.8, 4) is 5.69 Å². The van der Waals surface area contributed by atoms with E-state index in [9.17, 15) is 14.0 Å². The van der Waals surface area contributed by atoms with Crippen LogP contribution in [0.2, 0.25) is 0 Å². The van der Waals surface area contributed by atoms with Crippen LogP contribution in [-0.2, 0) is 17.8 Å². The maximum absolute atomic E-state index is 13.4. The molecule has 0 saturated heterocycles. The number of aromatic nitrogens is 4. The standard InChI is InChI=1S/C18H15FN4O3S/c1-18(2)7-11-12(8-26-18)27-15-13(11)14(24)22(10-5-3-9(19)4-6-10)16-20-21-17(25)23(15)16/h3-6H,7-8H2,1-2H3,(H,21,25). The minimum Gasteiger partial charge on any atom is -0.370 e. The molecule has 1 N–H and O–H groups in total. The quantitative estimate of drug-likeness (QED) is 0.545. The van der Waals surface area contributed by atoms with Crippen LogP contribution in [0.1, 0.15) is 24.3 Å². The zero-order valence-corrected chi connectivity index (χ0v) is 15.4. The molecule has 7 nitrogen and oxygen atoms in total. The van der Waals surface area contributed by atoms with Crippen molar-refractivity contribution in [1.29, 1.82) is 0 Å². The van der Waals surface area contributed by atoms with E-state index < -0.39 is 17.1 Å². The van der Waals surface area contributed by atoms with Gasteiger partial charge in [0.1, 0.15) is 10.6 Å². The molecular formula is C18H15FN4O3S. The Bertz CT molecular complexity index is 1330. The summed E-state index contributed by atoms with van der Waals surface area (Å²) in [6.45, 7) is 4.34. The molecule has 0 atom stereocenters. The second-order valence-corrected chi connectivity index (χ2v) is 8.27. The molecule has 5 rings (SSSR count). The zero-order chi connectivity index (χ0) is 18.9. The van der Waals surface area contributed by atoms with Gasteiger partial charge in [0.15, 0.2) is 0 Å². The number of benzene rings is 1. The van der Waals surface area contributed by atoms with Gasteiger partial charge in [-0.2, -0.15) is 0 Å². The van der Waals surface area contributed by atoms with E-state index in [0.717, 1.165) is 10.4 Å². The second kappa shape index (κ2) is 5.37. The summed E-state index contributed by atoms with van der Waals surface area (Å²) in [5.74, 6) is -0.238. The van der Waals surface area contributed by atoms with E-state index in [-0.39, 0.29) is 11.3 Å². The molecule has 0 bridgehead atoms. The first kappa shape index (κ1) is 16.4. The SMILES string of the molecule is CC1(C)Cc2c(sc3c2c(=O)n(-c2ccc(F)cc2)c2n[nH]c(=O)n32)CO1. The van der Waals surface area contributed by atoms with Gasteiger partial charge in [-0.3, -0.25) is 4.79 Å². The summed E-state index contributed by atoms with van der Waals surface area (Å²) >= 11 is 1.37. The third-order valence-corrected chi connectivity index (χ3v) is 6.02. The summed E-state index contributed by atoms with van der Waals surface area (Å²) < 4.78 is 22.0. The smallest absolute Gasteiger partial charge is 0.350 e. The molecule has 1 aliphatic rings. The van der Waals surface area contributed by atoms with E-state index in [1.807, 2.05) is 13.8 Å². The Labute approximate surface area is 155 Å². The van der Waals surface area contributed by atoms with Crippen molar-refractivity contribution in [2.75, 3.05) is 0 Å². The summed E-state index contributed by atoms with van der Waals surface area (Å²) in [6.07, 6.45) is 0.569. The molecular weight excluding hydrogens is 371 g/mol. The topological polar surface area (TPSA) is 81.4 Å². The van der Waals surface area contributed by atoms with E-state index in [1.54, 1.807) is 0 Å². The minimum absolute atomic E-state index is 0.169. The molecule has 0 fully saturated rings. The van der Waals surface area contributed by atoms with Gasteiger partial charge in [0, 0.05) is 11.3 Å². The number of thiophene rings is 1. The van der Waals surface area contributed by atoms with E-state index in [1.165, 1.54) is 44.6 Å². The highest BCUT2D eigenvalue weighted by Crippen LogP contribution is 2.37. The lowest BCUT2D eigenvalue weighted by Crippen LogP contribution is -2.32. The maximum atomic E-state index is 13.4. The fraction of sp³-hybridized carbons (Fsp3) is 0.278. The lowest BCUT2D eigenvalue weighted by Gasteiger charge is -2.29. The second-order valence-electron chi connectivity index (χ2n) is 7.19. The molecule has 138 valence electrons. The first-order valence-electron chi connectivity index (χ1n) is 8.42. The minimum atomic E-state index is -0.426. The number of ether oxygens (including phenoxy) is 1. The van der Waals surface area contributed by atoms with Crippen molar-refractivity contribution in [3.05, 3.63) is 61.4 Å². The Morgan fingerprint density at radius 2 is 2.00 bits per heavy atom. The van der Waals surface area contributed by atoms with Crippen molar-refractivity contribution in [2.24, 2.45) is 0 Å². The van der Waals surface area contributed by atoms with Gasteiger partial charge in [-0.1, -0.05) is 0 Å². The molecule has 0 radical (unpaired) electrons. The Morgan fingerprint density at radius 1 is 1.26 bits per heavy atom. The first-order valence-corrected chi connectivity index (χ1v) is 9.24. The number of fused-ring (bicyclic) bond motifs is 5. The number of nitrogens with zero attached hydrogens (tertiary/aromatic N) is 3. The van der Waals surface area contributed by atoms with Crippen LogP contribution < -0.4 is 11.2 Å². The summed E-state index contributed by atoms with van der Waals surface area (Å²) in [4.78, 5) is 27.4. The first-order chi connectivity index (χ1) is 12.9. The van der Waals surface area contributed by atoms with Crippen molar-refractivity contribution in [2.45, 2.75) is 32.5 Å². The molecule has 0 aliphatic carbocycles. The summed E-state index contributed by atoms with van der Waals surface area (Å²) in [7, 11) is 0. The molecule has 1 aliphatic heterocycles. The number of halogens is 1.